The van der Waals surface area contributed by atoms with Crippen molar-refractivity contribution in [2.45, 2.75) is 97.4 Å². The van der Waals surface area contributed by atoms with Crippen LogP contribution in [0.3, 0.4) is 0 Å². The number of hydrogen-bond donors (Lipinski definition) is 3. The summed E-state index contributed by atoms with van der Waals surface area (Å²) in [6.45, 7) is 9.72. The van der Waals surface area contributed by atoms with E-state index in [2.05, 4.69) is 15.2 Å². The number of nitrogens with one attached hydrogen (secondary N) is 3. The fourth-order valence-electron chi connectivity index (χ4n) is 4.94. The van der Waals surface area contributed by atoms with E-state index in [9.17, 15) is 28.3 Å². The fourth-order valence-corrected chi connectivity index (χ4v) is 8.15. The lowest BCUT2D eigenvalue weighted by Gasteiger charge is -2.29. The van der Waals surface area contributed by atoms with Gasteiger partial charge in [-0.25, -0.2) is 18.3 Å². The molecule has 0 saturated carbocycles. The lowest BCUT2D eigenvalue weighted by molar-refractivity contribution is -0.150. The minimum Gasteiger partial charge on any atom is -0.462 e. The molecule has 1 aliphatic heterocycles. The number of hydrogen-bond acceptors (Lipinski definition) is 13. The van der Waals surface area contributed by atoms with Gasteiger partial charge in [0.05, 0.1) is 18.8 Å². The summed E-state index contributed by atoms with van der Waals surface area (Å²) in [5.74, 6) is -1.53. The quantitative estimate of drug-likeness (QED) is 0.117. The molecule has 2 aromatic carbocycles. The van der Waals surface area contributed by atoms with Gasteiger partial charge in [-0.3, -0.25) is 33.0 Å². The first-order valence-corrected chi connectivity index (χ1v) is 20.1. The summed E-state index contributed by atoms with van der Waals surface area (Å²) in [7, 11) is -9.35. The van der Waals surface area contributed by atoms with Gasteiger partial charge < -0.3 is 23.3 Å². The largest absolute Gasteiger partial charge is 0.462 e. The topological polar surface area (TPSA) is 212 Å². The van der Waals surface area contributed by atoms with Crippen LogP contribution in [0.4, 0.5) is 4.39 Å². The Morgan fingerprint density at radius 2 is 1.31 bits per heavy atom. The van der Waals surface area contributed by atoms with E-state index in [1.165, 1.54) is 45.0 Å². The molecule has 1 saturated heterocycles. The van der Waals surface area contributed by atoms with Crippen molar-refractivity contribution < 1.29 is 55.4 Å². The summed E-state index contributed by atoms with van der Waals surface area (Å²) in [4.78, 5) is 52.5. The molecular weight excluding hydrogens is 753 g/mol. The maximum Gasteiger partial charge on any atom is 0.459 e. The van der Waals surface area contributed by atoms with Crippen molar-refractivity contribution >= 4 is 27.4 Å². The number of halogens is 1. The van der Waals surface area contributed by atoms with Crippen molar-refractivity contribution in [2.24, 2.45) is 0 Å². The summed E-state index contributed by atoms with van der Waals surface area (Å²) in [6, 6.07) is 12.9. The first-order chi connectivity index (χ1) is 25.4. The predicted octanol–water partition coefficient (Wildman–Crippen LogP) is 4.72. The van der Waals surface area contributed by atoms with E-state index in [0.29, 0.717) is 0 Å². The Labute approximate surface area is 311 Å². The molecule has 0 amide bonds. The molecule has 296 valence electrons. The molecule has 1 unspecified atom stereocenters. The van der Waals surface area contributed by atoms with Crippen LogP contribution in [0.15, 0.2) is 76.4 Å². The summed E-state index contributed by atoms with van der Waals surface area (Å²) >= 11 is 0. The second kappa shape index (κ2) is 18.5. The highest BCUT2D eigenvalue weighted by molar-refractivity contribution is 7.52. The molecule has 8 atom stereocenters. The number of benzene rings is 2. The van der Waals surface area contributed by atoms with Crippen molar-refractivity contribution in [3.05, 3.63) is 93.3 Å². The van der Waals surface area contributed by atoms with Crippen LogP contribution in [-0.4, -0.2) is 70.8 Å². The minimum absolute atomic E-state index is 0.0103. The summed E-state index contributed by atoms with van der Waals surface area (Å²) in [6.07, 6.45) is -7.69. The molecule has 3 N–H and O–H groups in total. The number of aromatic amines is 1. The second-order valence-corrected chi connectivity index (χ2v) is 16.2. The van der Waals surface area contributed by atoms with E-state index >= 15 is 4.39 Å². The normalized spacial score (nSPS) is 21.8. The van der Waals surface area contributed by atoms with Crippen LogP contribution in [0.5, 0.6) is 11.5 Å². The average molecular weight is 799 g/mol. The van der Waals surface area contributed by atoms with Gasteiger partial charge in [0, 0.05) is 11.8 Å². The Hall–Kier alpha value is -4.15. The number of carbonyl (C=O) groups excluding carboxylic acids is 2. The van der Waals surface area contributed by atoms with Crippen molar-refractivity contribution in [3.63, 3.8) is 0 Å². The Morgan fingerprint density at radius 1 is 0.833 bits per heavy atom. The standard InChI is InChI=1S/C34H45FN4O13P2/c1-20(2)47-32(41)23(6)37-53(44,50-25-14-10-8-11-15-25)46-19-27-29(28(35)31(49-27)39-18-22(5)30(40)36-34(39)43)52-54(45,51-26-16-12-9-13-17-26)38-24(7)33(42)48-21(3)4/h8-18,20-21,23-24,27-29,31H,19H2,1-7H3,(H,37,44)(H,38,45)(H,36,40,43)/t23-,24-,27-,28?,29-,31-,53-,54+/m0/s1. The molecule has 17 nitrogen and oxygen atoms in total. The average Bonchev–Trinajstić information content (AvgIpc) is 3.39. The third-order valence-electron chi connectivity index (χ3n) is 7.41. The van der Waals surface area contributed by atoms with E-state index in [-0.39, 0.29) is 17.1 Å². The molecule has 20 heteroatoms. The maximum atomic E-state index is 16.7. The lowest BCUT2D eigenvalue weighted by atomic mass is 10.1. The van der Waals surface area contributed by atoms with Crippen molar-refractivity contribution in [1.29, 1.82) is 0 Å². The highest BCUT2D eigenvalue weighted by atomic mass is 31.2. The fraction of sp³-hybridized carbons (Fsp3) is 0.471. The summed E-state index contributed by atoms with van der Waals surface area (Å²) < 4.78 is 85.6. The maximum absolute atomic E-state index is 16.7. The molecule has 1 aromatic heterocycles. The number of esters is 2. The zero-order chi connectivity index (χ0) is 39.8. The zero-order valence-electron chi connectivity index (χ0n) is 30.7. The van der Waals surface area contributed by atoms with Crippen molar-refractivity contribution in [2.75, 3.05) is 6.61 Å². The highest BCUT2D eigenvalue weighted by Crippen LogP contribution is 2.51. The molecule has 0 radical (unpaired) electrons. The van der Waals surface area contributed by atoms with Crippen LogP contribution in [0.25, 0.3) is 0 Å². The van der Waals surface area contributed by atoms with E-state index in [1.807, 2.05) is 0 Å². The minimum atomic E-state index is -4.78. The third kappa shape index (κ3) is 11.7. The van der Waals surface area contributed by atoms with E-state index in [1.54, 1.807) is 64.1 Å². The van der Waals surface area contributed by atoms with Gasteiger partial charge in [-0.05, 0) is 72.7 Å². The van der Waals surface area contributed by atoms with Gasteiger partial charge in [0.15, 0.2) is 12.4 Å². The van der Waals surface area contributed by atoms with Gasteiger partial charge in [-0.15, -0.1) is 0 Å². The Bertz CT molecular complexity index is 1950. The van der Waals surface area contributed by atoms with Crippen LogP contribution in [0.1, 0.15) is 53.3 Å². The van der Waals surface area contributed by atoms with Crippen molar-refractivity contribution in [1.82, 2.24) is 19.7 Å². The number of aromatic nitrogens is 2. The van der Waals surface area contributed by atoms with Crippen LogP contribution in [0.2, 0.25) is 0 Å². The van der Waals surface area contributed by atoms with E-state index < -0.39 is 94.2 Å². The van der Waals surface area contributed by atoms with Crippen LogP contribution in [0, 0.1) is 6.92 Å². The Morgan fingerprint density at radius 3 is 1.81 bits per heavy atom. The van der Waals surface area contributed by atoms with Gasteiger partial charge in [0.2, 0.25) is 0 Å². The van der Waals surface area contributed by atoms with Crippen LogP contribution < -0.4 is 30.5 Å². The first kappa shape index (κ1) is 42.6. The van der Waals surface area contributed by atoms with Crippen LogP contribution in [-0.2, 0) is 42.0 Å². The number of ether oxygens (including phenoxy) is 3. The van der Waals surface area contributed by atoms with Gasteiger partial charge in [-0.2, -0.15) is 10.2 Å². The number of aryl methyl sites for hydroxylation is 1. The smallest absolute Gasteiger partial charge is 0.459 e. The van der Waals surface area contributed by atoms with E-state index in [4.69, 9.17) is 32.3 Å². The monoisotopic (exact) mass is 798 g/mol. The molecule has 1 fully saturated rings. The third-order valence-corrected chi connectivity index (χ3v) is 10.7. The molecule has 2 heterocycles. The Kier molecular flexibility index (Phi) is 14.6. The number of carbonyl (C=O) groups is 2. The van der Waals surface area contributed by atoms with Crippen LogP contribution >= 0.6 is 15.5 Å². The molecule has 0 bridgehead atoms. The van der Waals surface area contributed by atoms with Gasteiger partial charge >= 0.3 is 33.1 Å². The summed E-state index contributed by atoms with van der Waals surface area (Å²) in [5.41, 5.74) is -1.73. The van der Waals surface area contributed by atoms with Gasteiger partial charge in [0.1, 0.15) is 35.8 Å². The molecule has 4 rings (SSSR count). The van der Waals surface area contributed by atoms with Gasteiger partial charge in [-0.1, -0.05) is 36.4 Å². The molecule has 0 spiro atoms. The lowest BCUT2D eigenvalue weighted by Crippen LogP contribution is -2.41. The van der Waals surface area contributed by atoms with Crippen molar-refractivity contribution in [3.8, 4) is 11.5 Å². The number of nitrogens with zero attached hydrogens (tertiary/aromatic N) is 1. The van der Waals surface area contributed by atoms with Gasteiger partial charge in [0.25, 0.3) is 5.56 Å². The molecule has 54 heavy (non-hydrogen) atoms. The van der Waals surface area contributed by atoms with E-state index in [0.717, 1.165) is 10.8 Å². The number of rotatable bonds is 18. The number of alkyl halides is 1. The summed E-state index contributed by atoms with van der Waals surface area (Å²) in [5, 5.41) is 4.98. The second-order valence-electron chi connectivity index (χ2n) is 12.8. The first-order valence-electron chi connectivity index (χ1n) is 17.0. The molecule has 3 aromatic rings. The highest BCUT2D eigenvalue weighted by Gasteiger charge is 2.52. The molecular formula is C34H45FN4O13P2. The zero-order valence-corrected chi connectivity index (χ0v) is 32.5. The predicted molar refractivity (Wildman–Crippen MR) is 193 cm³/mol. The Balaban J connectivity index is 1.72. The molecule has 1 aliphatic rings. The molecule has 0 aliphatic carbocycles. The SMILES string of the molecule is Cc1cn([C@H]2O[C@@H](CO[P@@](=O)(N[C@@H](C)C(=O)OC(C)C)Oc3ccccc3)[C@H](O[P@@](=O)(N[C@@H](C)C(=O)OC(C)C)Oc3ccccc3)C2F)c(=O)[nH]c1=O. The number of H-pyrrole nitrogens is 1. The number of para-hydroxylation sites is 2.